The Morgan fingerprint density at radius 3 is 2.00 bits per heavy atom. The van der Waals surface area contributed by atoms with E-state index in [2.05, 4.69) is 32.9 Å². The molecular formula is C16H24O. The van der Waals surface area contributed by atoms with Crippen LogP contribution in [0.3, 0.4) is 0 Å². The lowest BCUT2D eigenvalue weighted by Crippen LogP contribution is -2.45. The third-order valence-corrected chi connectivity index (χ3v) is 4.30. The van der Waals surface area contributed by atoms with Crippen LogP contribution in [0, 0.1) is 11.3 Å². The molecule has 0 radical (unpaired) electrons. The number of hydrogen-bond donors (Lipinski definition) is 1. The van der Waals surface area contributed by atoms with Gasteiger partial charge in [-0.2, -0.15) is 0 Å². The van der Waals surface area contributed by atoms with Crippen LogP contribution in [-0.4, -0.2) is 5.11 Å². The van der Waals surface area contributed by atoms with E-state index in [0.29, 0.717) is 5.92 Å². The van der Waals surface area contributed by atoms with Gasteiger partial charge in [0.05, 0.1) is 5.60 Å². The fourth-order valence-electron chi connectivity index (χ4n) is 3.32. The van der Waals surface area contributed by atoms with E-state index in [9.17, 15) is 5.11 Å². The number of rotatable bonds is 2. The third kappa shape index (κ3) is 2.13. The van der Waals surface area contributed by atoms with Crippen molar-refractivity contribution in [2.75, 3.05) is 0 Å². The Morgan fingerprint density at radius 2 is 1.53 bits per heavy atom. The first-order chi connectivity index (χ1) is 7.96. The summed E-state index contributed by atoms with van der Waals surface area (Å²) in [4.78, 5) is 0. The summed E-state index contributed by atoms with van der Waals surface area (Å²) in [5, 5.41) is 11.3. The van der Waals surface area contributed by atoms with Gasteiger partial charge in [-0.25, -0.2) is 0 Å². The molecule has 1 heteroatoms. The number of aliphatic hydroxyl groups is 1. The summed E-state index contributed by atoms with van der Waals surface area (Å²) >= 11 is 0. The van der Waals surface area contributed by atoms with Crippen molar-refractivity contribution in [3.8, 4) is 0 Å². The summed E-state index contributed by atoms with van der Waals surface area (Å²) < 4.78 is 0. The van der Waals surface area contributed by atoms with E-state index >= 15 is 0 Å². The predicted octanol–water partition coefficient (Wildman–Crippen LogP) is 4.11. The van der Waals surface area contributed by atoms with Crippen molar-refractivity contribution in [3.05, 3.63) is 35.9 Å². The highest BCUT2D eigenvalue weighted by Crippen LogP contribution is 2.50. The van der Waals surface area contributed by atoms with Crippen molar-refractivity contribution in [3.63, 3.8) is 0 Å². The van der Waals surface area contributed by atoms with Crippen LogP contribution in [0.5, 0.6) is 0 Å². The van der Waals surface area contributed by atoms with E-state index in [1.165, 1.54) is 12.8 Å². The quantitative estimate of drug-likeness (QED) is 0.813. The summed E-state index contributed by atoms with van der Waals surface area (Å²) in [6, 6.07) is 10.2. The average Bonchev–Trinajstić information content (AvgIpc) is 2.81. The first-order valence-electron chi connectivity index (χ1n) is 6.74. The number of hydrogen-bond acceptors (Lipinski definition) is 1. The minimum Gasteiger partial charge on any atom is -0.384 e. The van der Waals surface area contributed by atoms with Crippen LogP contribution in [0.15, 0.2) is 30.3 Å². The maximum absolute atomic E-state index is 11.3. The highest BCUT2D eigenvalue weighted by Gasteiger charge is 2.48. The van der Waals surface area contributed by atoms with Crippen LogP contribution < -0.4 is 0 Å². The molecular weight excluding hydrogens is 208 g/mol. The Kier molecular flexibility index (Phi) is 3.31. The van der Waals surface area contributed by atoms with E-state index < -0.39 is 5.60 Å². The average molecular weight is 232 g/mol. The molecule has 0 saturated heterocycles. The van der Waals surface area contributed by atoms with Gasteiger partial charge in [0.25, 0.3) is 0 Å². The van der Waals surface area contributed by atoms with Crippen LogP contribution in [0.2, 0.25) is 0 Å². The lowest BCUT2D eigenvalue weighted by atomic mass is 9.64. The zero-order valence-electron chi connectivity index (χ0n) is 11.2. The molecule has 1 saturated carbocycles. The summed E-state index contributed by atoms with van der Waals surface area (Å²) in [5.41, 5.74) is 0.271. The summed E-state index contributed by atoms with van der Waals surface area (Å²) in [5.74, 6) is 0.407. The van der Waals surface area contributed by atoms with E-state index in [1.54, 1.807) is 0 Å². The normalized spacial score (nSPS) is 21.4. The first-order valence-corrected chi connectivity index (χ1v) is 6.74. The molecule has 0 spiro atoms. The van der Waals surface area contributed by atoms with Crippen LogP contribution in [0.1, 0.15) is 52.0 Å². The zero-order chi connectivity index (χ0) is 12.5. The first kappa shape index (κ1) is 12.6. The summed E-state index contributed by atoms with van der Waals surface area (Å²) in [6.45, 7) is 6.45. The van der Waals surface area contributed by atoms with Gasteiger partial charge in [0.2, 0.25) is 0 Å². The Morgan fingerprint density at radius 1 is 1.00 bits per heavy atom. The lowest BCUT2D eigenvalue weighted by molar-refractivity contribution is -0.111. The molecule has 0 heterocycles. The van der Waals surface area contributed by atoms with Crippen LogP contribution >= 0.6 is 0 Å². The maximum atomic E-state index is 11.3. The summed E-state index contributed by atoms with van der Waals surface area (Å²) in [6.07, 6.45) is 4.83. The van der Waals surface area contributed by atoms with Crippen molar-refractivity contribution in [2.24, 2.45) is 11.3 Å². The van der Waals surface area contributed by atoms with Gasteiger partial charge in [-0.05, 0) is 29.7 Å². The topological polar surface area (TPSA) is 20.2 Å². The standard InChI is InChI=1S/C16H24O/c1-15(2,3)16(17,14-11-7-8-12-14)13-9-5-4-6-10-13/h4-6,9-10,14,17H,7-8,11-12H2,1-3H3. The molecule has 1 atom stereocenters. The van der Waals surface area contributed by atoms with Crippen molar-refractivity contribution in [1.29, 1.82) is 0 Å². The van der Waals surface area contributed by atoms with E-state index in [-0.39, 0.29) is 5.41 Å². The summed E-state index contributed by atoms with van der Waals surface area (Å²) in [7, 11) is 0. The van der Waals surface area contributed by atoms with Gasteiger partial charge in [-0.3, -0.25) is 0 Å². The number of benzene rings is 1. The van der Waals surface area contributed by atoms with Gasteiger partial charge in [-0.1, -0.05) is 63.9 Å². The van der Waals surface area contributed by atoms with Crippen LogP contribution in [0.25, 0.3) is 0 Å². The highest BCUT2D eigenvalue weighted by molar-refractivity contribution is 5.26. The van der Waals surface area contributed by atoms with Gasteiger partial charge in [0.1, 0.15) is 0 Å². The second kappa shape index (κ2) is 4.45. The molecule has 1 nitrogen and oxygen atoms in total. The molecule has 0 aliphatic heterocycles. The second-order valence-corrected chi connectivity index (χ2v) is 6.36. The Labute approximate surface area is 105 Å². The SMILES string of the molecule is CC(C)(C)C(O)(c1ccccc1)C1CCCC1. The highest BCUT2D eigenvalue weighted by atomic mass is 16.3. The van der Waals surface area contributed by atoms with Crippen LogP contribution in [0.4, 0.5) is 0 Å². The fraction of sp³-hybridized carbons (Fsp3) is 0.625. The lowest BCUT2D eigenvalue weighted by Gasteiger charge is -2.45. The van der Waals surface area contributed by atoms with Gasteiger partial charge in [-0.15, -0.1) is 0 Å². The van der Waals surface area contributed by atoms with E-state index in [1.807, 2.05) is 18.2 Å². The van der Waals surface area contributed by atoms with Gasteiger partial charge in [0.15, 0.2) is 0 Å². The molecule has 17 heavy (non-hydrogen) atoms. The largest absolute Gasteiger partial charge is 0.384 e. The van der Waals surface area contributed by atoms with Crippen molar-refractivity contribution in [2.45, 2.75) is 52.1 Å². The molecule has 1 aliphatic rings. The van der Waals surface area contributed by atoms with Gasteiger partial charge >= 0.3 is 0 Å². The van der Waals surface area contributed by atoms with Crippen molar-refractivity contribution < 1.29 is 5.11 Å². The van der Waals surface area contributed by atoms with Gasteiger partial charge in [0, 0.05) is 0 Å². The smallest absolute Gasteiger partial charge is 0.0972 e. The molecule has 1 unspecified atom stereocenters. The minimum atomic E-state index is -0.690. The molecule has 94 valence electrons. The van der Waals surface area contributed by atoms with E-state index in [0.717, 1.165) is 18.4 Å². The van der Waals surface area contributed by atoms with Crippen molar-refractivity contribution >= 4 is 0 Å². The third-order valence-electron chi connectivity index (χ3n) is 4.30. The molecule has 1 N–H and O–H groups in total. The Hall–Kier alpha value is -0.820. The second-order valence-electron chi connectivity index (χ2n) is 6.36. The van der Waals surface area contributed by atoms with Crippen LogP contribution in [-0.2, 0) is 5.60 Å². The van der Waals surface area contributed by atoms with Crippen molar-refractivity contribution in [1.82, 2.24) is 0 Å². The Bertz CT molecular complexity index is 357. The fourth-order valence-corrected chi connectivity index (χ4v) is 3.32. The van der Waals surface area contributed by atoms with E-state index in [4.69, 9.17) is 0 Å². The minimum absolute atomic E-state index is 0.122. The Balaban J connectivity index is 2.44. The molecule has 1 aromatic carbocycles. The van der Waals surface area contributed by atoms with Gasteiger partial charge < -0.3 is 5.11 Å². The predicted molar refractivity (Wildman–Crippen MR) is 71.8 cm³/mol. The molecule has 1 aliphatic carbocycles. The molecule has 1 fully saturated rings. The maximum Gasteiger partial charge on any atom is 0.0972 e. The molecule has 0 aromatic heterocycles. The molecule has 2 rings (SSSR count). The molecule has 0 bridgehead atoms. The molecule has 0 amide bonds. The molecule has 1 aromatic rings. The monoisotopic (exact) mass is 232 g/mol. The zero-order valence-corrected chi connectivity index (χ0v) is 11.2.